The molecule has 5 rings (SSSR count). The number of hydrogen-bond acceptors (Lipinski definition) is 6. The van der Waals surface area contributed by atoms with Gasteiger partial charge in [-0.3, -0.25) is 14.2 Å². The van der Waals surface area contributed by atoms with E-state index in [0.717, 1.165) is 58.4 Å². The van der Waals surface area contributed by atoms with Gasteiger partial charge in [-0.05, 0) is 31.0 Å². The maximum atomic E-state index is 12.4. The molecule has 0 saturated heterocycles. The Morgan fingerprint density at radius 1 is 1.13 bits per heavy atom. The van der Waals surface area contributed by atoms with Crippen molar-refractivity contribution in [3.63, 3.8) is 0 Å². The first kappa shape index (κ1) is 18.5. The Labute approximate surface area is 173 Å². The predicted octanol–water partition coefficient (Wildman–Crippen LogP) is 2.13. The second-order valence-electron chi connectivity index (χ2n) is 8.07. The van der Waals surface area contributed by atoms with E-state index in [1.54, 1.807) is 25.3 Å². The fourth-order valence-corrected chi connectivity index (χ4v) is 4.22. The van der Waals surface area contributed by atoms with Gasteiger partial charge in [0.15, 0.2) is 5.69 Å². The van der Waals surface area contributed by atoms with Crippen LogP contribution in [-0.2, 0) is 20.1 Å². The molecule has 0 spiro atoms. The minimum atomic E-state index is -0.0812. The van der Waals surface area contributed by atoms with E-state index in [2.05, 4.69) is 38.1 Å². The average molecular weight is 404 g/mol. The maximum absolute atomic E-state index is 12.4. The minimum Gasteiger partial charge on any atom is -0.350 e. The summed E-state index contributed by atoms with van der Waals surface area (Å²) in [5, 5.41) is 11.2. The zero-order chi connectivity index (χ0) is 21.0. The highest BCUT2D eigenvalue weighted by Gasteiger charge is 2.23. The van der Waals surface area contributed by atoms with Gasteiger partial charge in [0.1, 0.15) is 12.1 Å². The van der Waals surface area contributed by atoms with E-state index in [9.17, 15) is 4.79 Å². The van der Waals surface area contributed by atoms with E-state index in [-0.39, 0.29) is 5.91 Å². The van der Waals surface area contributed by atoms with Crippen LogP contribution in [0.25, 0.3) is 21.8 Å². The van der Waals surface area contributed by atoms with Gasteiger partial charge < -0.3 is 9.80 Å². The molecule has 0 radical (unpaired) electrons. The summed E-state index contributed by atoms with van der Waals surface area (Å²) in [5.74, 6) is 0.819. The fraction of sp³-hybridized carbons (Fsp3) is 0.381. The Kier molecular flexibility index (Phi) is 4.19. The van der Waals surface area contributed by atoms with Crippen LogP contribution < -0.4 is 4.90 Å². The molecular formula is C21H24N8O. The molecule has 0 bridgehead atoms. The van der Waals surface area contributed by atoms with Crippen LogP contribution in [-0.4, -0.2) is 61.0 Å². The molecule has 0 atom stereocenters. The van der Waals surface area contributed by atoms with Crippen LogP contribution in [0.5, 0.6) is 0 Å². The number of aryl methyl sites for hydroxylation is 3. The van der Waals surface area contributed by atoms with E-state index in [1.165, 1.54) is 0 Å². The van der Waals surface area contributed by atoms with Crippen molar-refractivity contribution in [1.29, 1.82) is 0 Å². The van der Waals surface area contributed by atoms with Crippen molar-refractivity contribution in [3.05, 3.63) is 41.6 Å². The lowest BCUT2D eigenvalue weighted by Gasteiger charge is -2.23. The summed E-state index contributed by atoms with van der Waals surface area (Å²) >= 11 is 0. The molecule has 0 aliphatic carbocycles. The maximum Gasteiger partial charge on any atom is 0.273 e. The third kappa shape index (κ3) is 2.89. The first-order chi connectivity index (χ1) is 14.4. The van der Waals surface area contributed by atoms with Crippen LogP contribution in [0.2, 0.25) is 0 Å². The van der Waals surface area contributed by atoms with Gasteiger partial charge >= 0.3 is 0 Å². The monoisotopic (exact) mass is 404 g/mol. The van der Waals surface area contributed by atoms with Gasteiger partial charge in [-0.2, -0.15) is 10.2 Å². The Morgan fingerprint density at radius 2 is 1.97 bits per heavy atom. The molecule has 4 aromatic rings. The Morgan fingerprint density at radius 3 is 2.77 bits per heavy atom. The smallest absolute Gasteiger partial charge is 0.273 e. The molecule has 9 heteroatoms. The van der Waals surface area contributed by atoms with Crippen molar-refractivity contribution in [2.45, 2.75) is 26.4 Å². The van der Waals surface area contributed by atoms with Crippen molar-refractivity contribution < 1.29 is 4.79 Å². The quantitative estimate of drug-likeness (QED) is 0.509. The number of hydrogen-bond donors (Lipinski definition) is 0. The molecule has 1 aromatic carbocycles. The molecule has 1 aliphatic rings. The van der Waals surface area contributed by atoms with Gasteiger partial charge in [0.25, 0.3) is 5.91 Å². The lowest BCUT2D eigenvalue weighted by atomic mass is 10.1. The number of carbonyl (C=O) groups is 1. The number of nitrogens with zero attached hydrogens (tertiary/aromatic N) is 8. The molecule has 0 unspecified atom stereocenters. The van der Waals surface area contributed by atoms with E-state index >= 15 is 0 Å². The molecule has 154 valence electrons. The van der Waals surface area contributed by atoms with Crippen molar-refractivity contribution in [2.75, 3.05) is 25.5 Å². The van der Waals surface area contributed by atoms with Gasteiger partial charge in [0.05, 0.1) is 28.7 Å². The Hall–Kier alpha value is -3.49. The van der Waals surface area contributed by atoms with E-state index in [4.69, 9.17) is 0 Å². The summed E-state index contributed by atoms with van der Waals surface area (Å²) in [4.78, 5) is 25.4. The SMILES string of the molecule is Cc1cc2nn(C)cc2c2c(N3CCCn4nc(C(=O)N(C)C)cc4C3)ncnc12. The second kappa shape index (κ2) is 6.79. The summed E-state index contributed by atoms with van der Waals surface area (Å²) in [6, 6.07) is 3.97. The summed E-state index contributed by atoms with van der Waals surface area (Å²) in [5.41, 5.74) is 4.46. The number of fused-ring (bicyclic) bond motifs is 4. The number of benzene rings is 1. The zero-order valence-corrected chi connectivity index (χ0v) is 17.6. The highest BCUT2D eigenvalue weighted by molar-refractivity contribution is 6.11. The lowest BCUT2D eigenvalue weighted by molar-refractivity contribution is 0.0821. The van der Waals surface area contributed by atoms with Crippen LogP contribution >= 0.6 is 0 Å². The van der Waals surface area contributed by atoms with Crippen LogP contribution in [0.3, 0.4) is 0 Å². The van der Waals surface area contributed by atoms with Gasteiger partial charge in [-0.1, -0.05) is 0 Å². The van der Waals surface area contributed by atoms with Crippen LogP contribution in [0.15, 0.2) is 24.7 Å². The third-order valence-corrected chi connectivity index (χ3v) is 5.62. The largest absolute Gasteiger partial charge is 0.350 e. The van der Waals surface area contributed by atoms with Gasteiger partial charge in [-0.15, -0.1) is 0 Å². The number of anilines is 1. The average Bonchev–Trinajstić information content (AvgIpc) is 3.23. The number of aromatic nitrogens is 6. The third-order valence-electron chi connectivity index (χ3n) is 5.62. The molecule has 0 fully saturated rings. The summed E-state index contributed by atoms with van der Waals surface area (Å²) in [6.45, 7) is 4.32. The summed E-state index contributed by atoms with van der Waals surface area (Å²) < 4.78 is 3.78. The topological polar surface area (TPSA) is 85.0 Å². The molecule has 0 saturated carbocycles. The van der Waals surface area contributed by atoms with Crippen LogP contribution in [0.1, 0.15) is 28.2 Å². The molecule has 30 heavy (non-hydrogen) atoms. The van der Waals surface area contributed by atoms with Gasteiger partial charge in [-0.25, -0.2) is 9.97 Å². The van der Waals surface area contributed by atoms with Crippen LogP contribution in [0.4, 0.5) is 5.82 Å². The fourth-order valence-electron chi connectivity index (χ4n) is 4.22. The van der Waals surface area contributed by atoms with Gasteiger partial charge in [0.2, 0.25) is 0 Å². The molecule has 1 aliphatic heterocycles. The second-order valence-corrected chi connectivity index (χ2v) is 8.07. The molecule has 4 heterocycles. The number of carbonyl (C=O) groups excluding carboxylic acids is 1. The predicted molar refractivity (Wildman–Crippen MR) is 114 cm³/mol. The van der Waals surface area contributed by atoms with Crippen molar-refractivity contribution in [1.82, 2.24) is 34.4 Å². The summed E-state index contributed by atoms with van der Waals surface area (Å²) in [6.07, 6.45) is 4.58. The normalized spacial score (nSPS) is 14.2. The molecule has 0 N–H and O–H groups in total. The van der Waals surface area contributed by atoms with Crippen LogP contribution in [0, 0.1) is 6.92 Å². The van der Waals surface area contributed by atoms with Crippen molar-refractivity contribution in [3.8, 4) is 0 Å². The number of amides is 1. The molecule has 3 aromatic heterocycles. The van der Waals surface area contributed by atoms with E-state index in [0.29, 0.717) is 12.2 Å². The molecule has 1 amide bonds. The minimum absolute atomic E-state index is 0.0812. The lowest BCUT2D eigenvalue weighted by Crippen LogP contribution is -2.24. The summed E-state index contributed by atoms with van der Waals surface area (Å²) in [7, 11) is 5.42. The standard InChI is InChI=1S/C21H24N8O/c1-13-8-16-15(11-27(4)24-16)18-19(13)22-12-23-20(18)28-6-5-7-29-14(10-28)9-17(25-29)21(30)26(2)3/h8-9,11-12H,5-7,10H2,1-4H3. The van der Waals surface area contributed by atoms with E-state index < -0.39 is 0 Å². The van der Waals surface area contributed by atoms with Crippen molar-refractivity contribution >= 4 is 33.5 Å². The Bertz CT molecular complexity index is 1290. The van der Waals surface area contributed by atoms with Gasteiger partial charge in [0, 0.05) is 45.8 Å². The Balaban J connectivity index is 1.63. The molecule has 9 nitrogen and oxygen atoms in total. The highest BCUT2D eigenvalue weighted by atomic mass is 16.2. The first-order valence-electron chi connectivity index (χ1n) is 10.0. The zero-order valence-electron chi connectivity index (χ0n) is 17.6. The molecular weight excluding hydrogens is 380 g/mol. The van der Waals surface area contributed by atoms with Crippen molar-refractivity contribution in [2.24, 2.45) is 7.05 Å². The number of rotatable bonds is 2. The first-order valence-corrected chi connectivity index (χ1v) is 10.0. The van der Waals surface area contributed by atoms with E-state index in [1.807, 2.05) is 28.7 Å². The highest BCUT2D eigenvalue weighted by Crippen LogP contribution is 2.33.